The first-order valence-corrected chi connectivity index (χ1v) is 9.76. The molecule has 1 N–H and O–H groups in total. The van der Waals surface area contributed by atoms with Crippen LogP contribution in [0, 0.1) is 18.3 Å². The van der Waals surface area contributed by atoms with Crippen LogP contribution in [0.4, 0.5) is 0 Å². The predicted molar refractivity (Wildman–Crippen MR) is 97.9 cm³/mol. The van der Waals surface area contributed by atoms with E-state index in [1.807, 2.05) is 0 Å². The molecule has 6 heteroatoms. The number of aryl methyl sites for hydroxylation is 1. The van der Waals surface area contributed by atoms with Gasteiger partial charge in [0.1, 0.15) is 0 Å². The van der Waals surface area contributed by atoms with Gasteiger partial charge < -0.3 is 14.8 Å². The van der Waals surface area contributed by atoms with Gasteiger partial charge in [0.15, 0.2) is 0 Å². The van der Waals surface area contributed by atoms with Gasteiger partial charge in [-0.3, -0.25) is 14.4 Å². The van der Waals surface area contributed by atoms with E-state index in [1.54, 1.807) is 17.9 Å². The van der Waals surface area contributed by atoms with Crippen LogP contribution in [-0.2, 0) is 4.79 Å². The summed E-state index contributed by atoms with van der Waals surface area (Å²) < 4.78 is 0. The highest BCUT2D eigenvalue weighted by molar-refractivity contribution is 5.95. The number of hydrogen-bond donors (Lipinski definition) is 1. The number of H-pyrrole nitrogens is 1. The molecule has 1 atom stereocenters. The molecule has 26 heavy (non-hydrogen) atoms. The molecule has 2 saturated heterocycles. The zero-order valence-corrected chi connectivity index (χ0v) is 15.4. The summed E-state index contributed by atoms with van der Waals surface area (Å²) in [5.74, 6) is 0.778. The molecule has 0 bridgehead atoms. The molecule has 3 aliphatic rings. The molecule has 1 spiro atoms. The van der Waals surface area contributed by atoms with E-state index < -0.39 is 5.41 Å². The van der Waals surface area contributed by atoms with Crippen molar-refractivity contribution < 1.29 is 9.59 Å². The molecule has 140 valence electrons. The number of carbonyl (C=O) groups excluding carboxylic acids is 2. The van der Waals surface area contributed by atoms with Gasteiger partial charge >= 0.3 is 0 Å². The summed E-state index contributed by atoms with van der Waals surface area (Å²) in [6, 6.07) is 3.06. The molecule has 1 aliphatic carbocycles. The molecule has 4 rings (SSSR count). The lowest BCUT2D eigenvalue weighted by Gasteiger charge is -2.42. The van der Waals surface area contributed by atoms with Crippen LogP contribution < -0.4 is 5.56 Å². The first-order valence-electron chi connectivity index (χ1n) is 9.76. The highest BCUT2D eigenvalue weighted by atomic mass is 16.2. The highest BCUT2D eigenvalue weighted by Gasteiger charge is 2.49. The topological polar surface area (TPSA) is 73.5 Å². The molecule has 2 aliphatic heterocycles. The summed E-state index contributed by atoms with van der Waals surface area (Å²) in [5.41, 5.74) is 0.421. The number of aromatic nitrogens is 1. The lowest BCUT2D eigenvalue weighted by Crippen LogP contribution is -2.52. The van der Waals surface area contributed by atoms with Crippen LogP contribution in [0.2, 0.25) is 0 Å². The number of rotatable bonds is 3. The Bertz CT molecular complexity index is 783. The minimum Gasteiger partial charge on any atom is -0.342 e. The van der Waals surface area contributed by atoms with Gasteiger partial charge in [-0.15, -0.1) is 0 Å². The van der Waals surface area contributed by atoms with E-state index in [0.29, 0.717) is 30.3 Å². The Morgan fingerprint density at radius 2 is 2.00 bits per heavy atom. The van der Waals surface area contributed by atoms with Gasteiger partial charge in [-0.2, -0.15) is 0 Å². The molecule has 1 aromatic rings. The third-order valence-corrected chi connectivity index (χ3v) is 6.39. The molecule has 0 unspecified atom stereocenters. The van der Waals surface area contributed by atoms with Gasteiger partial charge in [-0.1, -0.05) is 6.42 Å². The fraction of sp³-hybridized carbons (Fsp3) is 0.650. The Labute approximate surface area is 153 Å². The number of carbonyl (C=O) groups is 2. The first kappa shape index (κ1) is 17.3. The third kappa shape index (κ3) is 3.06. The lowest BCUT2D eigenvalue weighted by atomic mass is 9.77. The van der Waals surface area contributed by atoms with Crippen molar-refractivity contribution >= 4 is 11.8 Å². The maximum absolute atomic E-state index is 13.2. The van der Waals surface area contributed by atoms with E-state index in [1.165, 1.54) is 25.3 Å². The van der Waals surface area contributed by atoms with Crippen LogP contribution in [0.1, 0.15) is 54.6 Å². The molecular weight excluding hydrogens is 330 g/mol. The number of pyridine rings is 1. The van der Waals surface area contributed by atoms with Gasteiger partial charge in [0, 0.05) is 43.5 Å². The van der Waals surface area contributed by atoms with Crippen LogP contribution in [-0.4, -0.2) is 52.8 Å². The number of hydrogen-bond acceptors (Lipinski definition) is 3. The largest absolute Gasteiger partial charge is 0.342 e. The fourth-order valence-electron chi connectivity index (χ4n) is 4.73. The smallest absolute Gasteiger partial charge is 0.254 e. The first-order chi connectivity index (χ1) is 12.5. The van der Waals surface area contributed by atoms with Crippen molar-refractivity contribution in [1.29, 1.82) is 0 Å². The number of amides is 2. The average molecular weight is 357 g/mol. The second-order valence-corrected chi connectivity index (χ2v) is 8.32. The predicted octanol–water partition coefficient (Wildman–Crippen LogP) is 1.94. The van der Waals surface area contributed by atoms with Gasteiger partial charge in [0.05, 0.1) is 5.41 Å². The summed E-state index contributed by atoms with van der Waals surface area (Å²) >= 11 is 0. The van der Waals surface area contributed by atoms with Crippen LogP contribution >= 0.6 is 0 Å². The van der Waals surface area contributed by atoms with Crippen molar-refractivity contribution in [2.24, 2.45) is 11.3 Å². The van der Waals surface area contributed by atoms with Crippen molar-refractivity contribution in [3.05, 3.63) is 33.7 Å². The quantitative estimate of drug-likeness (QED) is 0.898. The van der Waals surface area contributed by atoms with E-state index in [2.05, 4.69) is 9.88 Å². The summed E-state index contributed by atoms with van der Waals surface area (Å²) in [7, 11) is 0. The molecule has 0 radical (unpaired) electrons. The van der Waals surface area contributed by atoms with E-state index >= 15 is 0 Å². The lowest BCUT2D eigenvalue weighted by molar-refractivity contribution is -0.146. The Kier molecular flexibility index (Phi) is 4.37. The number of nitrogens with one attached hydrogen (secondary N) is 1. The van der Waals surface area contributed by atoms with E-state index in [0.717, 1.165) is 32.4 Å². The van der Waals surface area contributed by atoms with Gasteiger partial charge in [-0.25, -0.2) is 0 Å². The highest BCUT2D eigenvalue weighted by Crippen LogP contribution is 2.41. The van der Waals surface area contributed by atoms with Crippen LogP contribution in [0.5, 0.6) is 0 Å². The van der Waals surface area contributed by atoms with Crippen LogP contribution in [0.25, 0.3) is 0 Å². The Morgan fingerprint density at radius 1 is 1.19 bits per heavy atom. The number of nitrogens with zero attached hydrogens (tertiary/aromatic N) is 2. The molecule has 6 nitrogen and oxygen atoms in total. The second-order valence-electron chi connectivity index (χ2n) is 8.32. The van der Waals surface area contributed by atoms with Crippen LogP contribution in [0.15, 0.2) is 16.9 Å². The van der Waals surface area contributed by atoms with Gasteiger partial charge in [0.25, 0.3) is 5.91 Å². The van der Waals surface area contributed by atoms with Crippen molar-refractivity contribution in [2.45, 2.75) is 45.4 Å². The van der Waals surface area contributed by atoms with E-state index in [9.17, 15) is 14.4 Å². The SMILES string of the molecule is Cc1cc(C(=O)N2CC[C@@]3(CCCN(CC4CCC4)C3=O)C2)cc(=O)[nH]1. The van der Waals surface area contributed by atoms with Crippen molar-refractivity contribution in [1.82, 2.24) is 14.8 Å². The molecule has 1 aromatic heterocycles. The van der Waals surface area contributed by atoms with E-state index in [-0.39, 0.29) is 17.4 Å². The molecule has 0 aromatic carbocycles. The number of aromatic amines is 1. The average Bonchev–Trinajstić information content (AvgIpc) is 2.98. The minimum atomic E-state index is -0.409. The van der Waals surface area contributed by atoms with Crippen LogP contribution in [0.3, 0.4) is 0 Å². The molecule has 2 amide bonds. The fourth-order valence-corrected chi connectivity index (χ4v) is 4.73. The molecule has 1 saturated carbocycles. The summed E-state index contributed by atoms with van der Waals surface area (Å²) in [6.07, 6.45) is 6.39. The van der Waals surface area contributed by atoms with Gasteiger partial charge in [0.2, 0.25) is 11.5 Å². The maximum Gasteiger partial charge on any atom is 0.254 e. The molecular formula is C20H27N3O3. The van der Waals surface area contributed by atoms with Crippen molar-refractivity contribution in [3.8, 4) is 0 Å². The number of likely N-dealkylation sites (tertiary alicyclic amines) is 2. The normalized spacial score (nSPS) is 26.4. The van der Waals surface area contributed by atoms with Gasteiger partial charge in [-0.05, 0) is 51.0 Å². The maximum atomic E-state index is 13.2. The Hall–Kier alpha value is -2.11. The second kappa shape index (κ2) is 6.56. The van der Waals surface area contributed by atoms with Crippen molar-refractivity contribution in [2.75, 3.05) is 26.2 Å². The Balaban J connectivity index is 1.48. The summed E-state index contributed by atoms with van der Waals surface area (Å²) in [4.78, 5) is 44.2. The number of piperidine rings is 1. The van der Waals surface area contributed by atoms with E-state index in [4.69, 9.17) is 0 Å². The van der Waals surface area contributed by atoms with Crippen molar-refractivity contribution in [3.63, 3.8) is 0 Å². The molecule has 3 fully saturated rings. The zero-order valence-electron chi connectivity index (χ0n) is 15.4. The minimum absolute atomic E-state index is 0.139. The monoisotopic (exact) mass is 357 g/mol. The Morgan fingerprint density at radius 3 is 2.69 bits per heavy atom. The summed E-state index contributed by atoms with van der Waals surface area (Å²) in [6.45, 7) is 4.60. The molecule has 3 heterocycles. The zero-order chi connectivity index (χ0) is 18.3. The standard InChI is InChI=1S/C20H27N3O3/c1-14-10-16(11-17(24)21-14)18(25)23-9-7-20(13-23)6-3-8-22(19(20)26)12-15-4-2-5-15/h10-11,15H,2-9,12-13H2,1H3,(H,21,24)/t20-/m0/s1. The third-order valence-electron chi connectivity index (χ3n) is 6.39. The summed E-state index contributed by atoms with van der Waals surface area (Å²) in [5, 5.41) is 0.